The van der Waals surface area contributed by atoms with E-state index in [1.54, 1.807) is 11.8 Å². The van der Waals surface area contributed by atoms with Crippen LogP contribution >= 0.6 is 23.4 Å². The molecule has 4 N–H and O–H groups in total. The van der Waals surface area contributed by atoms with Crippen molar-refractivity contribution in [3.63, 3.8) is 0 Å². The SMILES string of the molecule is CC(OCCc1c(SC(C)(C)C)c2cc(OCc3ccc4ccccc4n3)ccc2n1Cc1ccc(Cl)cc1)C(=O)[O-].O.O.[Na+]. The predicted octanol–water partition coefficient (Wildman–Crippen LogP) is 2.41. The van der Waals surface area contributed by atoms with Gasteiger partial charge in [-0.05, 0) is 55.0 Å². The number of nitrogens with zero attached hydrogens (tertiary/aromatic N) is 2. The van der Waals surface area contributed by atoms with Crippen LogP contribution in [0.25, 0.3) is 21.8 Å². The Morgan fingerprint density at radius 1 is 1.02 bits per heavy atom. The first-order chi connectivity index (χ1) is 20.1. The average Bonchev–Trinajstić information content (AvgIpc) is 3.22. The van der Waals surface area contributed by atoms with Crippen LogP contribution in [-0.2, 0) is 29.1 Å². The number of halogens is 1. The van der Waals surface area contributed by atoms with Crippen LogP contribution in [0.2, 0.25) is 5.02 Å². The molecule has 3 aromatic carbocycles. The minimum absolute atomic E-state index is 0. The summed E-state index contributed by atoms with van der Waals surface area (Å²) in [7, 11) is 0. The second kappa shape index (κ2) is 16.8. The summed E-state index contributed by atoms with van der Waals surface area (Å²) in [4.78, 5) is 17.1. The van der Waals surface area contributed by atoms with Gasteiger partial charge in [0.15, 0.2) is 0 Å². The van der Waals surface area contributed by atoms with Gasteiger partial charge in [0, 0.05) is 49.6 Å². The molecule has 8 nitrogen and oxygen atoms in total. The largest absolute Gasteiger partial charge is 1.00 e. The van der Waals surface area contributed by atoms with Crippen LogP contribution < -0.4 is 39.4 Å². The molecule has 0 bridgehead atoms. The first kappa shape index (κ1) is 38.6. The minimum atomic E-state index is -1.22. The Balaban J connectivity index is 0.00000235. The second-order valence-corrected chi connectivity index (χ2v) is 13.5. The zero-order chi connectivity index (χ0) is 29.9. The summed E-state index contributed by atoms with van der Waals surface area (Å²) < 4.78 is 14.1. The number of aliphatic carboxylic acids is 1. The summed E-state index contributed by atoms with van der Waals surface area (Å²) in [6.45, 7) is 9.28. The van der Waals surface area contributed by atoms with Gasteiger partial charge in [0.05, 0.1) is 29.9 Å². The van der Waals surface area contributed by atoms with Crippen LogP contribution in [0.1, 0.15) is 44.6 Å². The van der Waals surface area contributed by atoms with Crippen LogP contribution in [0.5, 0.6) is 5.75 Å². The number of carbonyl (C=O) groups excluding carboxylic acids is 1. The molecule has 45 heavy (non-hydrogen) atoms. The summed E-state index contributed by atoms with van der Waals surface area (Å²) in [6.07, 6.45) is -0.447. The zero-order valence-corrected chi connectivity index (χ0v) is 29.8. The van der Waals surface area contributed by atoms with E-state index in [-0.39, 0.29) is 51.9 Å². The molecule has 0 aliphatic rings. The van der Waals surface area contributed by atoms with Crippen LogP contribution in [0.3, 0.4) is 0 Å². The fourth-order valence-corrected chi connectivity index (χ4v) is 6.16. The van der Waals surface area contributed by atoms with Gasteiger partial charge in [-0.1, -0.05) is 68.8 Å². The maximum Gasteiger partial charge on any atom is 1.00 e. The summed E-state index contributed by atoms with van der Waals surface area (Å²) >= 11 is 7.95. The Morgan fingerprint density at radius 3 is 2.42 bits per heavy atom. The Labute approximate surface area is 295 Å². The number of carboxylic acid groups (broad SMARTS) is 1. The number of carbonyl (C=O) groups is 1. The van der Waals surface area contributed by atoms with Crippen molar-refractivity contribution < 1.29 is 59.9 Å². The molecule has 5 rings (SSSR count). The van der Waals surface area contributed by atoms with E-state index in [1.807, 2.05) is 60.7 Å². The number of aromatic nitrogens is 2. The number of fused-ring (bicyclic) bond motifs is 2. The molecule has 0 saturated carbocycles. The number of rotatable bonds is 11. The van der Waals surface area contributed by atoms with Gasteiger partial charge >= 0.3 is 29.6 Å². The first-order valence-electron chi connectivity index (χ1n) is 14.0. The van der Waals surface area contributed by atoms with E-state index >= 15 is 0 Å². The molecule has 2 aromatic heterocycles. The third-order valence-electron chi connectivity index (χ3n) is 6.84. The van der Waals surface area contributed by atoms with Crippen molar-refractivity contribution in [3.8, 4) is 5.75 Å². The van der Waals surface area contributed by atoms with Crippen LogP contribution in [-0.4, -0.2) is 43.9 Å². The summed E-state index contributed by atoms with van der Waals surface area (Å²) in [5.74, 6) is -0.464. The van der Waals surface area contributed by atoms with E-state index in [1.165, 1.54) is 6.92 Å². The van der Waals surface area contributed by atoms with Crippen molar-refractivity contribution >= 4 is 51.1 Å². The monoisotopic (exact) mass is 660 g/mol. The van der Waals surface area contributed by atoms with E-state index in [0.717, 1.165) is 49.4 Å². The average molecular weight is 661 g/mol. The van der Waals surface area contributed by atoms with Crippen molar-refractivity contribution in [1.29, 1.82) is 0 Å². The number of para-hydroxylation sites is 1. The van der Waals surface area contributed by atoms with Crippen molar-refractivity contribution in [2.24, 2.45) is 0 Å². The second-order valence-electron chi connectivity index (χ2n) is 11.2. The molecule has 0 aliphatic heterocycles. The number of hydrogen-bond acceptors (Lipinski definition) is 6. The number of benzene rings is 3. The van der Waals surface area contributed by atoms with E-state index in [2.05, 4.69) is 43.5 Å². The molecule has 1 atom stereocenters. The van der Waals surface area contributed by atoms with E-state index in [4.69, 9.17) is 26.1 Å². The van der Waals surface area contributed by atoms with Crippen LogP contribution in [0.15, 0.2) is 83.8 Å². The third kappa shape index (κ3) is 9.94. The Bertz CT molecular complexity index is 1720. The Hall–Kier alpha value is -2.60. The van der Waals surface area contributed by atoms with E-state index in [0.29, 0.717) is 24.6 Å². The third-order valence-corrected chi connectivity index (χ3v) is 8.36. The fraction of sp³-hybridized carbons (Fsp3) is 0.294. The fourth-order valence-electron chi connectivity index (χ4n) is 4.81. The van der Waals surface area contributed by atoms with Gasteiger partial charge in [-0.25, -0.2) is 4.98 Å². The smallest absolute Gasteiger partial charge is 0.547 e. The molecule has 2 heterocycles. The molecule has 0 aliphatic carbocycles. The molecule has 1 unspecified atom stereocenters. The van der Waals surface area contributed by atoms with Crippen molar-refractivity contribution in [2.45, 2.75) is 63.0 Å². The summed E-state index contributed by atoms with van der Waals surface area (Å²) in [6, 6.07) is 26.1. The number of pyridine rings is 1. The van der Waals surface area contributed by atoms with Crippen LogP contribution in [0.4, 0.5) is 0 Å². The molecule has 0 spiro atoms. The molecular weight excluding hydrogens is 623 g/mol. The summed E-state index contributed by atoms with van der Waals surface area (Å²) in [5, 5.41) is 14.1. The van der Waals surface area contributed by atoms with E-state index in [9.17, 15) is 9.90 Å². The Morgan fingerprint density at radius 2 is 1.73 bits per heavy atom. The van der Waals surface area contributed by atoms with Crippen molar-refractivity contribution in [2.75, 3.05) is 6.61 Å². The molecule has 0 fully saturated rings. The first-order valence-corrected chi connectivity index (χ1v) is 15.2. The molecule has 0 saturated heterocycles. The van der Waals surface area contributed by atoms with Gasteiger partial charge in [0.1, 0.15) is 12.4 Å². The molecular formula is C34H38ClN2NaO6S. The predicted molar refractivity (Wildman–Crippen MR) is 176 cm³/mol. The molecule has 11 heteroatoms. The number of ether oxygens (including phenoxy) is 2. The van der Waals surface area contributed by atoms with Gasteiger partial charge < -0.3 is 34.9 Å². The number of thioether (sulfide) groups is 1. The van der Waals surface area contributed by atoms with Gasteiger partial charge in [-0.3, -0.25) is 0 Å². The van der Waals surface area contributed by atoms with E-state index < -0.39 is 12.1 Å². The summed E-state index contributed by atoms with van der Waals surface area (Å²) in [5.41, 5.74) is 5.06. The minimum Gasteiger partial charge on any atom is -0.547 e. The Kier molecular flexibility index (Phi) is 14.4. The van der Waals surface area contributed by atoms with Crippen LogP contribution in [0, 0.1) is 0 Å². The van der Waals surface area contributed by atoms with Gasteiger partial charge in [-0.15, -0.1) is 11.8 Å². The maximum absolute atomic E-state index is 11.3. The van der Waals surface area contributed by atoms with Gasteiger partial charge in [0.25, 0.3) is 0 Å². The molecule has 5 aromatic rings. The molecule has 0 radical (unpaired) electrons. The molecule has 234 valence electrons. The number of hydrogen-bond donors (Lipinski definition) is 0. The van der Waals surface area contributed by atoms with Crippen molar-refractivity contribution in [3.05, 3.63) is 101 Å². The quantitative estimate of drug-likeness (QED) is 0.158. The van der Waals surface area contributed by atoms with Gasteiger partial charge in [-0.2, -0.15) is 0 Å². The zero-order valence-electron chi connectivity index (χ0n) is 26.2. The van der Waals surface area contributed by atoms with Crippen molar-refractivity contribution in [1.82, 2.24) is 9.55 Å². The normalized spacial score (nSPS) is 11.8. The maximum atomic E-state index is 11.3. The standard InChI is InChI=1S/C34H35ClN2O4S.Na.2H2O/c1-22(33(38)39)40-18-17-31-32(42-34(2,3)4)28-19-27(41-21-26-14-11-24-7-5-6-8-29(24)36-26)15-16-30(28)37(31)20-23-9-12-25(35)13-10-23;;;/h5-16,19,22H,17-18,20-21H2,1-4H3,(H,38,39);;2*1H2/q;+1;;/p-1. The molecule has 0 amide bonds. The topological polar surface area (TPSA) is 139 Å². The van der Waals surface area contributed by atoms with Gasteiger partial charge in [0.2, 0.25) is 0 Å². The number of carboxylic acids is 1.